The molecule has 0 saturated heterocycles. The Balaban J connectivity index is 1.40. The van der Waals surface area contributed by atoms with Crippen LogP contribution in [0, 0.1) is 0 Å². The van der Waals surface area contributed by atoms with Crippen LogP contribution < -0.4 is 5.32 Å². The number of aromatic nitrogens is 4. The van der Waals surface area contributed by atoms with Crippen LogP contribution in [0.25, 0.3) is 5.69 Å². The molecule has 0 amide bonds. The van der Waals surface area contributed by atoms with E-state index < -0.39 is 5.97 Å². The minimum atomic E-state index is -0.998. The predicted molar refractivity (Wildman–Crippen MR) is 104 cm³/mol. The third-order valence-electron chi connectivity index (χ3n) is 4.29. The van der Waals surface area contributed by atoms with Crippen LogP contribution in [0.4, 0.5) is 5.69 Å². The van der Waals surface area contributed by atoms with Crippen LogP contribution in [0.5, 0.6) is 0 Å². The average Bonchev–Trinajstić information content (AvgIpc) is 3.40. The Labute approximate surface area is 165 Å². The number of tetrazole rings is 1. The van der Waals surface area contributed by atoms with Gasteiger partial charge in [0.1, 0.15) is 0 Å². The number of carboxylic acid groups (broad SMARTS) is 1. The van der Waals surface area contributed by atoms with E-state index in [1.807, 2.05) is 24.3 Å². The van der Waals surface area contributed by atoms with Gasteiger partial charge < -0.3 is 10.4 Å². The molecule has 2 N–H and O–H groups in total. The number of carboxylic acids is 1. The number of nitrogens with zero attached hydrogens (tertiary/aromatic N) is 4. The highest BCUT2D eigenvalue weighted by Gasteiger charge is 2.20. The molecule has 1 fully saturated rings. The maximum atomic E-state index is 12.5. The lowest BCUT2D eigenvalue weighted by molar-refractivity contribution is 0.0696. The number of carbonyl (C=O) groups excluding carboxylic acids is 1. The molecule has 0 spiro atoms. The van der Waals surface area contributed by atoms with Gasteiger partial charge in [0.2, 0.25) is 5.16 Å². The van der Waals surface area contributed by atoms with Gasteiger partial charge in [0.25, 0.3) is 0 Å². The summed E-state index contributed by atoms with van der Waals surface area (Å²) in [6.45, 7) is 0. The van der Waals surface area contributed by atoms with E-state index >= 15 is 0 Å². The maximum absolute atomic E-state index is 12.5. The molecule has 1 aliphatic carbocycles. The fourth-order valence-corrected chi connectivity index (χ4v) is 3.39. The molecular weight excluding hydrogens is 378 g/mol. The van der Waals surface area contributed by atoms with Crippen molar-refractivity contribution in [3.8, 4) is 5.69 Å². The molecule has 0 unspecified atom stereocenters. The highest BCUT2D eigenvalue weighted by molar-refractivity contribution is 7.99. The minimum absolute atomic E-state index is 0.0150. The predicted octanol–water partition coefficient (Wildman–Crippen LogP) is 2.91. The Morgan fingerprint density at radius 2 is 1.75 bits per heavy atom. The topological polar surface area (TPSA) is 110 Å². The summed E-state index contributed by atoms with van der Waals surface area (Å²) in [6, 6.07) is 14.3. The van der Waals surface area contributed by atoms with Gasteiger partial charge in [-0.2, -0.15) is 4.68 Å². The number of anilines is 1. The number of ketones is 1. The van der Waals surface area contributed by atoms with E-state index in [0.29, 0.717) is 22.4 Å². The van der Waals surface area contributed by atoms with E-state index in [2.05, 4.69) is 20.8 Å². The first-order chi connectivity index (χ1) is 13.6. The van der Waals surface area contributed by atoms with Crippen molar-refractivity contribution in [1.29, 1.82) is 0 Å². The Bertz CT molecular complexity index is 997. The van der Waals surface area contributed by atoms with Gasteiger partial charge in [-0.3, -0.25) is 4.79 Å². The second-order valence-electron chi connectivity index (χ2n) is 6.43. The summed E-state index contributed by atoms with van der Waals surface area (Å²) in [5, 5.41) is 24.4. The van der Waals surface area contributed by atoms with Gasteiger partial charge in [-0.15, -0.1) is 5.10 Å². The molecule has 0 aliphatic heterocycles. The number of thioether (sulfide) groups is 1. The van der Waals surface area contributed by atoms with Gasteiger partial charge in [0.15, 0.2) is 5.78 Å². The second-order valence-corrected chi connectivity index (χ2v) is 7.38. The van der Waals surface area contributed by atoms with Crippen molar-refractivity contribution < 1.29 is 14.7 Å². The zero-order valence-electron chi connectivity index (χ0n) is 14.8. The molecule has 4 rings (SSSR count). The number of carbonyl (C=O) groups is 2. The number of benzene rings is 2. The molecule has 0 bridgehead atoms. The Hall–Kier alpha value is -3.20. The quantitative estimate of drug-likeness (QED) is 0.442. The van der Waals surface area contributed by atoms with Gasteiger partial charge in [-0.25, -0.2) is 4.79 Å². The summed E-state index contributed by atoms with van der Waals surface area (Å²) < 4.78 is 1.48. The molecule has 1 saturated carbocycles. The Morgan fingerprint density at radius 1 is 1.07 bits per heavy atom. The highest BCUT2D eigenvalue weighted by Crippen LogP contribution is 2.25. The first-order valence-corrected chi connectivity index (χ1v) is 9.73. The second kappa shape index (κ2) is 7.81. The van der Waals surface area contributed by atoms with E-state index in [4.69, 9.17) is 5.11 Å². The number of rotatable bonds is 8. The largest absolute Gasteiger partial charge is 0.478 e. The van der Waals surface area contributed by atoms with Crippen LogP contribution >= 0.6 is 11.8 Å². The van der Waals surface area contributed by atoms with Crippen LogP contribution in [-0.2, 0) is 0 Å². The Morgan fingerprint density at radius 3 is 2.39 bits per heavy atom. The zero-order chi connectivity index (χ0) is 19.5. The maximum Gasteiger partial charge on any atom is 0.335 e. The fourth-order valence-electron chi connectivity index (χ4n) is 2.61. The summed E-state index contributed by atoms with van der Waals surface area (Å²) >= 11 is 1.23. The zero-order valence-corrected chi connectivity index (χ0v) is 15.6. The monoisotopic (exact) mass is 395 g/mol. The number of aromatic carboxylic acids is 1. The van der Waals surface area contributed by atoms with Crippen molar-refractivity contribution in [2.24, 2.45) is 0 Å². The van der Waals surface area contributed by atoms with Crippen molar-refractivity contribution in [1.82, 2.24) is 20.2 Å². The molecule has 2 aromatic carbocycles. The molecule has 8 nitrogen and oxygen atoms in total. The number of hydrogen-bond donors (Lipinski definition) is 2. The van der Waals surface area contributed by atoms with Crippen molar-refractivity contribution in [3.05, 3.63) is 59.7 Å². The highest BCUT2D eigenvalue weighted by atomic mass is 32.2. The molecule has 142 valence electrons. The van der Waals surface area contributed by atoms with Crippen molar-refractivity contribution in [3.63, 3.8) is 0 Å². The lowest BCUT2D eigenvalue weighted by Gasteiger charge is -2.06. The smallest absolute Gasteiger partial charge is 0.335 e. The summed E-state index contributed by atoms with van der Waals surface area (Å²) in [7, 11) is 0. The summed E-state index contributed by atoms with van der Waals surface area (Å²) in [5.74, 6) is -0.816. The Kier molecular flexibility index (Phi) is 5.07. The molecule has 3 aromatic rings. The molecule has 0 radical (unpaired) electrons. The SMILES string of the molecule is O=C(O)c1ccc(-n2nnnc2SCC(=O)c2ccc(NC3CC3)cc2)cc1. The standard InChI is InChI=1S/C19H17N5O3S/c25-17(12-1-5-14(6-2-12)20-15-7-8-15)11-28-19-21-22-23-24(19)16-9-3-13(4-10-16)18(26)27/h1-6,9-10,15,20H,7-8,11H2,(H,26,27). The van der Waals surface area contributed by atoms with Gasteiger partial charge in [-0.1, -0.05) is 11.8 Å². The number of nitrogens with one attached hydrogen (secondary N) is 1. The third kappa shape index (κ3) is 4.20. The van der Waals surface area contributed by atoms with E-state index in [1.54, 1.807) is 12.1 Å². The van der Waals surface area contributed by atoms with Gasteiger partial charge in [0.05, 0.1) is 17.0 Å². The van der Waals surface area contributed by atoms with E-state index in [0.717, 1.165) is 5.69 Å². The van der Waals surface area contributed by atoms with Crippen LogP contribution in [0.2, 0.25) is 0 Å². The average molecular weight is 395 g/mol. The van der Waals surface area contributed by atoms with Crippen LogP contribution in [0.15, 0.2) is 53.7 Å². The van der Waals surface area contributed by atoms with Crippen molar-refractivity contribution in [2.45, 2.75) is 24.0 Å². The first-order valence-electron chi connectivity index (χ1n) is 8.75. The van der Waals surface area contributed by atoms with Crippen molar-refractivity contribution in [2.75, 3.05) is 11.1 Å². The summed E-state index contributed by atoms with van der Waals surface area (Å²) in [6.07, 6.45) is 2.40. The molecule has 28 heavy (non-hydrogen) atoms. The summed E-state index contributed by atoms with van der Waals surface area (Å²) in [5.41, 5.74) is 2.47. The normalized spacial score (nSPS) is 13.3. The van der Waals surface area contributed by atoms with Gasteiger partial charge in [-0.05, 0) is 71.8 Å². The minimum Gasteiger partial charge on any atom is -0.478 e. The van der Waals surface area contributed by atoms with Crippen molar-refractivity contribution >= 4 is 29.2 Å². The molecule has 0 atom stereocenters. The van der Waals surface area contributed by atoms with Crippen LogP contribution in [0.3, 0.4) is 0 Å². The lowest BCUT2D eigenvalue weighted by atomic mass is 10.1. The number of Topliss-reactive ketones (excluding diaryl/α,β-unsaturated/α-hetero) is 1. The molecule has 1 aromatic heterocycles. The molecular formula is C19H17N5O3S. The van der Waals surface area contributed by atoms with E-state index in [1.165, 1.54) is 41.4 Å². The van der Waals surface area contributed by atoms with Crippen LogP contribution in [0.1, 0.15) is 33.6 Å². The van der Waals surface area contributed by atoms with Crippen LogP contribution in [-0.4, -0.2) is 48.9 Å². The molecule has 1 aliphatic rings. The fraction of sp³-hybridized carbons (Fsp3) is 0.211. The lowest BCUT2D eigenvalue weighted by Crippen LogP contribution is -2.06. The third-order valence-corrected chi connectivity index (χ3v) is 5.21. The van der Waals surface area contributed by atoms with E-state index in [-0.39, 0.29) is 17.1 Å². The summed E-state index contributed by atoms with van der Waals surface area (Å²) in [4.78, 5) is 23.4. The van der Waals surface area contributed by atoms with Gasteiger partial charge in [0, 0.05) is 17.3 Å². The number of hydrogen-bond acceptors (Lipinski definition) is 7. The molecule has 9 heteroatoms. The first kappa shape index (κ1) is 18.2. The van der Waals surface area contributed by atoms with E-state index in [9.17, 15) is 9.59 Å². The van der Waals surface area contributed by atoms with Gasteiger partial charge >= 0.3 is 5.97 Å². The molecule has 1 heterocycles.